The molecule has 138 valence electrons. The number of aromatic nitrogens is 2. The second-order valence-corrected chi connectivity index (χ2v) is 9.26. The van der Waals surface area contributed by atoms with E-state index < -0.39 is 10.0 Å². The van der Waals surface area contributed by atoms with E-state index in [2.05, 4.69) is 10.3 Å². The number of fused-ring (bicyclic) bond motifs is 1. The van der Waals surface area contributed by atoms with Crippen molar-refractivity contribution >= 4 is 15.9 Å². The molecule has 0 bridgehead atoms. The first-order valence-corrected chi connectivity index (χ1v) is 10.3. The maximum atomic E-state index is 12.8. The second kappa shape index (κ2) is 6.37. The highest BCUT2D eigenvalue weighted by Crippen LogP contribution is 2.34. The van der Waals surface area contributed by atoms with Crippen LogP contribution in [0.5, 0.6) is 0 Å². The molecule has 8 nitrogen and oxygen atoms in total. The Labute approximate surface area is 147 Å². The van der Waals surface area contributed by atoms with E-state index in [1.54, 1.807) is 11.6 Å². The number of hydrogen-bond donors (Lipinski definition) is 1. The van der Waals surface area contributed by atoms with Crippen molar-refractivity contribution in [2.45, 2.75) is 42.9 Å². The number of nitrogens with one attached hydrogen (secondary N) is 1. The third-order valence-electron chi connectivity index (χ3n) is 5.31. The number of piperidine rings is 1. The van der Waals surface area contributed by atoms with Gasteiger partial charge in [0.15, 0.2) is 5.03 Å². The van der Waals surface area contributed by atoms with E-state index in [-0.39, 0.29) is 28.9 Å². The van der Waals surface area contributed by atoms with E-state index in [1.165, 1.54) is 16.8 Å². The van der Waals surface area contributed by atoms with Gasteiger partial charge in [-0.25, -0.2) is 13.4 Å². The zero-order chi connectivity index (χ0) is 17.6. The van der Waals surface area contributed by atoms with Crippen LogP contribution >= 0.6 is 0 Å². The van der Waals surface area contributed by atoms with Crippen LogP contribution in [-0.2, 0) is 26.6 Å². The fraction of sp³-hybridized carbons (Fsp3) is 0.750. The standard InChI is InChI=1S/C16H24N4O4S/c1-19-8-15(17-10-19)25(22,23)20-5-4-14-11(7-20)6-12(9-24-14)16(21)18-13-2-3-13/h8,10-14H,2-7,9H2,1H3,(H,18,21)/t11-,12-,14+/m0/s1. The minimum atomic E-state index is -3.59. The number of ether oxygens (including phenoxy) is 1. The summed E-state index contributed by atoms with van der Waals surface area (Å²) in [5.41, 5.74) is 0. The summed E-state index contributed by atoms with van der Waals surface area (Å²) in [7, 11) is -1.85. The predicted molar refractivity (Wildman–Crippen MR) is 89.1 cm³/mol. The molecule has 3 fully saturated rings. The highest BCUT2D eigenvalue weighted by molar-refractivity contribution is 7.89. The van der Waals surface area contributed by atoms with Crippen LogP contribution in [0.25, 0.3) is 0 Å². The van der Waals surface area contributed by atoms with Crippen LogP contribution in [0.4, 0.5) is 0 Å². The van der Waals surface area contributed by atoms with E-state index in [0.717, 1.165) is 12.8 Å². The molecule has 0 aromatic carbocycles. The molecular weight excluding hydrogens is 344 g/mol. The third-order valence-corrected chi connectivity index (χ3v) is 7.06. The van der Waals surface area contributed by atoms with Gasteiger partial charge in [0.05, 0.1) is 25.0 Å². The molecule has 1 aromatic heterocycles. The molecule has 1 N–H and O–H groups in total. The van der Waals surface area contributed by atoms with Gasteiger partial charge in [-0.3, -0.25) is 4.79 Å². The zero-order valence-corrected chi connectivity index (χ0v) is 15.1. The first kappa shape index (κ1) is 17.0. The van der Waals surface area contributed by atoms with Crippen molar-refractivity contribution in [2.24, 2.45) is 18.9 Å². The molecule has 0 radical (unpaired) electrons. The lowest BCUT2D eigenvalue weighted by atomic mass is 9.84. The highest BCUT2D eigenvalue weighted by atomic mass is 32.2. The lowest BCUT2D eigenvalue weighted by Crippen LogP contribution is -2.52. The number of carbonyl (C=O) groups excluding carboxylic acids is 1. The summed E-state index contributed by atoms with van der Waals surface area (Å²) in [5, 5.41) is 3.10. The van der Waals surface area contributed by atoms with Crippen molar-refractivity contribution in [3.8, 4) is 0 Å². The van der Waals surface area contributed by atoms with Gasteiger partial charge in [0.1, 0.15) is 0 Å². The number of rotatable bonds is 4. The molecule has 25 heavy (non-hydrogen) atoms. The molecule has 3 aliphatic rings. The Morgan fingerprint density at radius 2 is 2.16 bits per heavy atom. The summed E-state index contributed by atoms with van der Waals surface area (Å²) >= 11 is 0. The normalized spacial score (nSPS) is 30.7. The topological polar surface area (TPSA) is 93.5 Å². The Bertz CT molecular complexity index is 758. The molecule has 3 atom stereocenters. The Morgan fingerprint density at radius 3 is 2.84 bits per heavy atom. The molecular formula is C16H24N4O4S. The van der Waals surface area contributed by atoms with Gasteiger partial charge in [-0.15, -0.1) is 0 Å². The predicted octanol–water partition coefficient (Wildman–Crippen LogP) is 0.114. The van der Waals surface area contributed by atoms with Crippen LogP contribution in [0.1, 0.15) is 25.7 Å². The van der Waals surface area contributed by atoms with Gasteiger partial charge in [-0.2, -0.15) is 4.31 Å². The van der Waals surface area contributed by atoms with Gasteiger partial charge in [0, 0.05) is 32.4 Å². The largest absolute Gasteiger partial charge is 0.377 e. The lowest BCUT2D eigenvalue weighted by Gasteiger charge is -2.42. The van der Waals surface area contributed by atoms with E-state index >= 15 is 0 Å². The van der Waals surface area contributed by atoms with Crippen LogP contribution in [0.15, 0.2) is 17.6 Å². The van der Waals surface area contributed by atoms with Crippen molar-refractivity contribution in [1.29, 1.82) is 0 Å². The average Bonchev–Trinajstić information content (AvgIpc) is 3.30. The number of imidazole rings is 1. The van der Waals surface area contributed by atoms with Gasteiger partial charge in [-0.1, -0.05) is 0 Å². The Morgan fingerprint density at radius 1 is 1.36 bits per heavy atom. The number of hydrogen-bond acceptors (Lipinski definition) is 5. The van der Waals surface area contributed by atoms with E-state index in [1.807, 2.05) is 0 Å². The number of amides is 1. The summed E-state index contributed by atoms with van der Waals surface area (Å²) < 4.78 is 34.5. The van der Waals surface area contributed by atoms with Crippen molar-refractivity contribution in [3.05, 3.63) is 12.5 Å². The molecule has 1 aromatic rings. The molecule has 0 spiro atoms. The second-order valence-electron chi connectivity index (χ2n) is 7.38. The first-order valence-electron chi connectivity index (χ1n) is 8.83. The lowest BCUT2D eigenvalue weighted by molar-refractivity contribution is -0.137. The molecule has 2 aliphatic heterocycles. The summed E-state index contributed by atoms with van der Waals surface area (Å²) in [6.45, 7) is 1.25. The van der Waals surface area contributed by atoms with Gasteiger partial charge in [-0.05, 0) is 31.6 Å². The van der Waals surface area contributed by atoms with Crippen molar-refractivity contribution in [1.82, 2.24) is 19.2 Å². The van der Waals surface area contributed by atoms with Crippen LogP contribution in [-0.4, -0.2) is 60.0 Å². The summed E-state index contributed by atoms with van der Waals surface area (Å²) in [5.74, 6) is -0.0825. The quantitative estimate of drug-likeness (QED) is 0.814. The van der Waals surface area contributed by atoms with Gasteiger partial charge < -0.3 is 14.6 Å². The van der Waals surface area contributed by atoms with E-state index in [9.17, 15) is 13.2 Å². The maximum Gasteiger partial charge on any atom is 0.262 e. The van der Waals surface area contributed by atoms with Crippen LogP contribution in [0, 0.1) is 11.8 Å². The van der Waals surface area contributed by atoms with Gasteiger partial charge >= 0.3 is 0 Å². The zero-order valence-electron chi connectivity index (χ0n) is 14.3. The minimum Gasteiger partial charge on any atom is -0.377 e. The SMILES string of the molecule is Cn1cnc(S(=O)(=O)N2CC[C@H]3OC[C@@H](C(=O)NC4CC4)C[C@H]3C2)c1. The number of nitrogens with zero attached hydrogens (tertiary/aromatic N) is 3. The van der Waals surface area contributed by atoms with Crippen LogP contribution in [0.2, 0.25) is 0 Å². The van der Waals surface area contributed by atoms with Gasteiger partial charge in [0.25, 0.3) is 10.0 Å². The molecule has 1 aliphatic carbocycles. The number of aryl methyl sites for hydroxylation is 1. The van der Waals surface area contributed by atoms with Crippen molar-refractivity contribution in [2.75, 3.05) is 19.7 Å². The molecule has 1 amide bonds. The Kier molecular flexibility index (Phi) is 4.33. The molecule has 3 heterocycles. The van der Waals surface area contributed by atoms with Gasteiger partial charge in [0.2, 0.25) is 5.91 Å². The molecule has 9 heteroatoms. The summed E-state index contributed by atoms with van der Waals surface area (Å²) in [6.07, 6.45) is 6.50. The monoisotopic (exact) mass is 368 g/mol. The Balaban J connectivity index is 1.44. The molecule has 4 rings (SSSR count). The molecule has 2 saturated heterocycles. The van der Waals surface area contributed by atoms with Crippen molar-refractivity contribution < 1.29 is 17.9 Å². The summed E-state index contributed by atoms with van der Waals surface area (Å²) in [4.78, 5) is 16.3. The van der Waals surface area contributed by atoms with E-state index in [4.69, 9.17) is 4.74 Å². The van der Waals surface area contributed by atoms with E-state index in [0.29, 0.717) is 38.6 Å². The third kappa shape index (κ3) is 3.45. The van der Waals surface area contributed by atoms with Crippen molar-refractivity contribution in [3.63, 3.8) is 0 Å². The Hall–Kier alpha value is -1.45. The first-order chi connectivity index (χ1) is 11.9. The highest BCUT2D eigenvalue weighted by Gasteiger charge is 2.42. The fourth-order valence-electron chi connectivity index (χ4n) is 3.70. The summed E-state index contributed by atoms with van der Waals surface area (Å²) in [6, 6.07) is 0.331. The number of sulfonamides is 1. The molecule has 1 saturated carbocycles. The average molecular weight is 368 g/mol. The smallest absolute Gasteiger partial charge is 0.262 e. The minimum absolute atomic E-state index is 0.0418. The van der Waals surface area contributed by atoms with Crippen LogP contribution in [0.3, 0.4) is 0 Å². The number of carbonyl (C=O) groups is 1. The maximum absolute atomic E-state index is 12.8. The molecule has 0 unspecified atom stereocenters. The van der Waals surface area contributed by atoms with Crippen LogP contribution < -0.4 is 5.32 Å². The fourth-order valence-corrected chi connectivity index (χ4v) is 5.18.